The topological polar surface area (TPSA) is 31.0 Å². The van der Waals surface area contributed by atoms with Crippen molar-refractivity contribution in [1.29, 1.82) is 0 Å². The highest BCUT2D eigenvalue weighted by molar-refractivity contribution is 6.09. The smallest absolute Gasteiger partial charge is 0.145 e. The molecule has 0 aliphatic heterocycles. The molecule has 7 rings (SSSR count). The van der Waals surface area contributed by atoms with E-state index in [1.165, 1.54) is 11.1 Å². The van der Waals surface area contributed by atoms with Crippen molar-refractivity contribution in [3.63, 3.8) is 0 Å². The molecule has 0 bridgehead atoms. The third kappa shape index (κ3) is 3.09. The van der Waals surface area contributed by atoms with Crippen LogP contribution in [0.5, 0.6) is 0 Å². The zero-order valence-electron chi connectivity index (χ0n) is 19.3. The normalized spacial score (nSPS) is 11.6. The summed E-state index contributed by atoms with van der Waals surface area (Å²) in [7, 11) is 0. The summed E-state index contributed by atoms with van der Waals surface area (Å²) in [5, 5.41) is 2.29. The Morgan fingerprint density at radius 3 is 2.31 bits per heavy atom. The minimum Gasteiger partial charge on any atom is -0.455 e. The van der Waals surface area contributed by atoms with Crippen LogP contribution in [0.25, 0.3) is 61.2 Å². The van der Waals surface area contributed by atoms with E-state index >= 15 is 0 Å². The molecular formula is C32H22N2O. The number of hydrogen-bond donors (Lipinski definition) is 0. The van der Waals surface area contributed by atoms with Gasteiger partial charge in [0.05, 0.1) is 11.0 Å². The molecule has 0 saturated heterocycles. The highest BCUT2D eigenvalue weighted by Crippen LogP contribution is 2.38. The van der Waals surface area contributed by atoms with Gasteiger partial charge in [-0.05, 0) is 54.4 Å². The van der Waals surface area contributed by atoms with Crippen molar-refractivity contribution in [3.05, 3.63) is 121 Å². The SMILES string of the molecule is Cc1cc(-c2nc3ccccc3n2-c2ccccc2)ccc1-c1cccc2c1oc1ccccc12. The van der Waals surface area contributed by atoms with Gasteiger partial charge in [-0.15, -0.1) is 0 Å². The second kappa shape index (κ2) is 7.71. The Morgan fingerprint density at radius 1 is 0.657 bits per heavy atom. The van der Waals surface area contributed by atoms with Crippen molar-refractivity contribution in [2.75, 3.05) is 0 Å². The summed E-state index contributed by atoms with van der Waals surface area (Å²) >= 11 is 0. The van der Waals surface area contributed by atoms with Crippen molar-refractivity contribution in [2.24, 2.45) is 0 Å². The summed E-state index contributed by atoms with van der Waals surface area (Å²) in [6.07, 6.45) is 0. The van der Waals surface area contributed by atoms with Gasteiger partial charge in [-0.3, -0.25) is 4.57 Å². The van der Waals surface area contributed by atoms with Crippen molar-refractivity contribution < 1.29 is 4.42 Å². The van der Waals surface area contributed by atoms with E-state index in [2.05, 4.69) is 102 Å². The summed E-state index contributed by atoms with van der Waals surface area (Å²) in [5.74, 6) is 0.939. The zero-order chi connectivity index (χ0) is 23.4. The molecule has 3 nitrogen and oxygen atoms in total. The van der Waals surface area contributed by atoms with Crippen LogP contribution in [0.2, 0.25) is 0 Å². The van der Waals surface area contributed by atoms with Gasteiger partial charge >= 0.3 is 0 Å². The van der Waals surface area contributed by atoms with Crippen LogP contribution in [0.3, 0.4) is 0 Å². The van der Waals surface area contributed by atoms with E-state index in [1.807, 2.05) is 24.3 Å². The quantitative estimate of drug-likeness (QED) is 0.270. The molecule has 2 heterocycles. The first kappa shape index (κ1) is 19.8. The van der Waals surface area contributed by atoms with Crippen LogP contribution in [-0.2, 0) is 0 Å². The minimum atomic E-state index is 0.917. The maximum Gasteiger partial charge on any atom is 0.145 e. The Morgan fingerprint density at radius 2 is 1.43 bits per heavy atom. The number of rotatable bonds is 3. The molecule has 0 atom stereocenters. The number of nitrogens with zero attached hydrogens (tertiary/aromatic N) is 2. The molecule has 0 amide bonds. The molecule has 0 N–H and O–H groups in total. The highest BCUT2D eigenvalue weighted by atomic mass is 16.3. The van der Waals surface area contributed by atoms with Gasteiger partial charge in [0, 0.05) is 27.6 Å². The van der Waals surface area contributed by atoms with E-state index in [0.717, 1.165) is 55.6 Å². The fraction of sp³-hybridized carbons (Fsp3) is 0.0312. The number of para-hydroxylation sites is 5. The van der Waals surface area contributed by atoms with Crippen LogP contribution >= 0.6 is 0 Å². The van der Waals surface area contributed by atoms with Gasteiger partial charge in [-0.2, -0.15) is 0 Å². The molecule has 0 radical (unpaired) electrons. The van der Waals surface area contributed by atoms with Crippen LogP contribution < -0.4 is 0 Å². The largest absolute Gasteiger partial charge is 0.455 e. The summed E-state index contributed by atoms with van der Waals surface area (Å²) in [6, 6.07) is 39.9. The standard InChI is InChI=1S/C32H22N2O/c1-21-20-22(32-33-28-15-6-7-16-29(28)34(32)23-10-3-2-4-11-23)18-19-24(21)26-13-9-14-27-25-12-5-8-17-30(25)35-31(26)27/h2-20H,1H3. The van der Waals surface area contributed by atoms with E-state index in [9.17, 15) is 0 Å². The second-order valence-corrected chi connectivity index (χ2v) is 8.91. The third-order valence-electron chi connectivity index (χ3n) is 6.75. The summed E-state index contributed by atoms with van der Waals surface area (Å²) < 4.78 is 8.55. The van der Waals surface area contributed by atoms with Gasteiger partial charge in [0.15, 0.2) is 0 Å². The van der Waals surface area contributed by atoms with Crippen LogP contribution in [0.4, 0.5) is 0 Å². The predicted molar refractivity (Wildman–Crippen MR) is 144 cm³/mol. The third-order valence-corrected chi connectivity index (χ3v) is 6.75. The Kier molecular flexibility index (Phi) is 4.36. The lowest BCUT2D eigenvalue weighted by atomic mass is 9.96. The van der Waals surface area contributed by atoms with Gasteiger partial charge in [0.25, 0.3) is 0 Å². The number of imidazole rings is 1. The van der Waals surface area contributed by atoms with Gasteiger partial charge in [0.2, 0.25) is 0 Å². The number of fused-ring (bicyclic) bond motifs is 4. The van der Waals surface area contributed by atoms with Crippen molar-refractivity contribution in [1.82, 2.24) is 9.55 Å². The van der Waals surface area contributed by atoms with E-state index in [1.54, 1.807) is 0 Å². The number of benzene rings is 5. The predicted octanol–water partition coefficient (Wildman–Crippen LogP) is 8.57. The van der Waals surface area contributed by atoms with E-state index in [4.69, 9.17) is 9.40 Å². The summed E-state index contributed by atoms with van der Waals surface area (Å²) in [4.78, 5) is 5.03. The van der Waals surface area contributed by atoms with Gasteiger partial charge in [-0.1, -0.05) is 78.9 Å². The summed E-state index contributed by atoms with van der Waals surface area (Å²) in [6.45, 7) is 2.16. The molecule has 0 spiro atoms. The minimum absolute atomic E-state index is 0.917. The molecule has 0 saturated carbocycles. The van der Waals surface area contributed by atoms with Gasteiger partial charge in [0.1, 0.15) is 17.0 Å². The fourth-order valence-corrected chi connectivity index (χ4v) is 5.12. The Hall–Kier alpha value is -4.63. The van der Waals surface area contributed by atoms with Gasteiger partial charge in [-0.25, -0.2) is 4.98 Å². The second-order valence-electron chi connectivity index (χ2n) is 8.91. The zero-order valence-corrected chi connectivity index (χ0v) is 19.3. The van der Waals surface area contributed by atoms with Crippen molar-refractivity contribution in [2.45, 2.75) is 6.92 Å². The highest BCUT2D eigenvalue weighted by Gasteiger charge is 2.17. The number of aromatic nitrogens is 2. The Bertz CT molecular complexity index is 1860. The van der Waals surface area contributed by atoms with Crippen molar-refractivity contribution in [3.8, 4) is 28.2 Å². The molecule has 3 heteroatoms. The lowest BCUT2D eigenvalue weighted by molar-refractivity contribution is 0.670. The van der Waals surface area contributed by atoms with E-state index in [-0.39, 0.29) is 0 Å². The molecule has 2 aromatic heterocycles. The lowest BCUT2D eigenvalue weighted by Crippen LogP contribution is -1.98. The molecule has 0 fully saturated rings. The summed E-state index contributed by atoms with van der Waals surface area (Å²) in [5.41, 5.74) is 9.58. The molecular weight excluding hydrogens is 428 g/mol. The maximum absolute atomic E-state index is 6.31. The average molecular weight is 451 g/mol. The van der Waals surface area contributed by atoms with Crippen LogP contribution in [0.15, 0.2) is 120 Å². The van der Waals surface area contributed by atoms with Crippen LogP contribution in [0.1, 0.15) is 5.56 Å². The molecule has 0 aliphatic carbocycles. The van der Waals surface area contributed by atoms with Crippen molar-refractivity contribution >= 4 is 33.0 Å². The van der Waals surface area contributed by atoms with Crippen LogP contribution in [0, 0.1) is 6.92 Å². The molecule has 0 unspecified atom stereocenters. The number of hydrogen-bond acceptors (Lipinski definition) is 2. The van der Waals surface area contributed by atoms with Gasteiger partial charge < -0.3 is 4.42 Å². The van der Waals surface area contributed by atoms with E-state index in [0.29, 0.717) is 0 Å². The van der Waals surface area contributed by atoms with Crippen LogP contribution in [-0.4, -0.2) is 9.55 Å². The Labute approximate surface area is 202 Å². The molecule has 7 aromatic rings. The first-order valence-electron chi connectivity index (χ1n) is 11.8. The molecule has 5 aromatic carbocycles. The first-order valence-corrected chi connectivity index (χ1v) is 11.8. The first-order chi connectivity index (χ1) is 17.3. The van der Waals surface area contributed by atoms with E-state index < -0.39 is 0 Å². The molecule has 35 heavy (non-hydrogen) atoms. The average Bonchev–Trinajstić information content (AvgIpc) is 3.48. The molecule has 0 aliphatic rings. The lowest BCUT2D eigenvalue weighted by Gasteiger charge is -2.12. The monoisotopic (exact) mass is 450 g/mol. The number of furan rings is 1. The fourth-order valence-electron chi connectivity index (χ4n) is 5.12. The molecule has 166 valence electrons. The number of aryl methyl sites for hydroxylation is 1. The Balaban J connectivity index is 1.42. The maximum atomic E-state index is 6.31.